The van der Waals surface area contributed by atoms with Crippen molar-refractivity contribution in [3.8, 4) is 11.5 Å². The predicted molar refractivity (Wildman–Crippen MR) is 86.6 cm³/mol. The molecule has 5 heteroatoms. The number of nitrogens with zero attached hydrogens (tertiary/aromatic N) is 2. The van der Waals surface area contributed by atoms with E-state index >= 15 is 0 Å². The van der Waals surface area contributed by atoms with Gasteiger partial charge >= 0.3 is 0 Å². The lowest BCUT2D eigenvalue weighted by atomic mass is 10.2. The van der Waals surface area contributed by atoms with E-state index in [-0.39, 0.29) is 0 Å². The average molecular weight is 301 g/mol. The van der Waals surface area contributed by atoms with Crippen LogP contribution in [0.25, 0.3) is 21.5 Å². The van der Waals surface area contributed by atoms with Crippen LogP contribution in [0.4, 0.5) is 0 Å². The maximum atomic E-state index is 5.80. The molecule has 0 aliphatic heterocycles. The summed E-state index contributed by atoms with van der Waals surface area (Å²) in [7, 11) is 0. The van der Waals surface area contributed by atoms with Crippen LogP contribution in [0.2, 0.25) is 0 Å². The second-order valence-electron chi connectivity index (χ2n) is 5.00. The Kier molecular flexibility index (Phi) is 4.62. The lowest BCUT2D eigenvalue weighted by Crippen LogP contribution is -2.16. The van der Waals surface area contributed by atoms with E-state index in [0.29, 0.717) is 5.89 Å². The SMILES string of the molecule is CCCNCCCc1nnc(-c2csc3ccccc23)o1. The Labute approximate surface area is 128 Å². The molecule has 0 fully saturated rings. The fourth-order valence-electron chi connectivity index (χ4n) is 2.27. The predicted octanol–water partition coefficient (Wildman–Crippen LogP) is 3.88. The van der Waals surface area contributed by atoms with Crippen molar-refractivity contribution in [2.45, 2.75) is 26.2 Å². The normalized spacial score (nSPS) is 11.3. The second kappa shape index (κ2) is 6.83. The number of thiophene rings is 1. The van der Waals surface area contributed by atoms with Crippen molar-refractivity contribution in [1.82, 2.24) is 15.5 Å². The van der Waals surface area contributed by atoms with E-state index in [1.165, 1.54) is 10.1 Å². The molecule has 0 aliphatic carbocycles. The average Bonchev–Trinajstić information content (AvgIpc) is 3.13. The molecule has 0 unspecified atom stereocenters. The second-order valence-corrected chi connectivity index (χ2v) is 5.91. The maximum absolute atomic E-state index is 5.80. The third kappa shape index (κ3) is 3.31. The Balaban J connectivity index is 1.67. The highest BCUT2D eigenvalue weighted by Gasteiger charge is 2.12. The van der Waals surface area contributed by atoms with Crippen molar-refractivity contribution in [3.63, 3.8) is 0 Å². The van der Waals surface area contributed by atoms with Crippen LogP contribution in [0.15, 0.2) is 34.1 Å². The monoisotopic (exact) mass is 301 g/mol. The number of nitrogens with one attached hydrogen (secondary N) is 1. The molecule has 0 saturated carbocycles. The third-order valence-electron chi connectivity index (χ3n) is 3.35. The maximum Gasteiger partial charge on any atom is 0.249 e. The van der Waals surface area contributed by atoms with E-state index < -0.39 is 0 Å². The van der Waals surface area contributed by atoms with E-state index in [9.17, 15) is 0 Å². The molecule has 0 atom stereocenters. The summed E-state index contributed by atoms with van der Waals surface area (Å²) in [6.45, 7) is 4.23. The molecule has 4 nitrogen and oxygen atoms in total. The number of hydrogen-bond acceptors (Lipinski definition) is 5. The largest absolute Gasteiger partial charge is 0.421 e. The van der Waals surface area contributed by atoms with Gasteiger partial charge in [0.1, 0.15) is 0 Å². The zero-order chi connectivity index (χ0) is 14.5. The molecule has 1 aromatic carbocycles. The topological polar surface area (TPSA) is 51.0 Å². The lowest BCUT2D eigenvalue weighted by molar-refractivity contribution is 0.491. The zero-order valence-corrected chi connectivity index (χ0v) is 12.9. The first-order valence-corrected chi connectivity index (χ1v) is 8.26. The van der Waals surface area contributed by atoms with E-state index in [1.54, 1.807) is 11.3 Å². The van der Waals surface area contributed by atoms with Crippen LogP contribution in [0, 0.1) is 0 Å². The van der Waals surface area contributed by atoms with E-state index in [4.69, 9.17) is 4.42 Å². The van der Waals surface area contributed by atoms with Crippen molar-refractivity contribution < 1.29 is 4.42 Å². The molecule has 21 heavy (non-hydrogen) atoms. The van der Waals surface area contributed by atoms with Gasteiger partial charge in [0.2, 0.25) is 11.8 Å². The van der Waals surface area contributed by atoms with E-state index in [2.05, 4.69) is 40.0 Å². The number of benzene rings is 1. The van der Waals surface area contributed by atoms with Crippen LogP contribution < -0.4 is 5.32 Å². The number of hydrogen-bond donors (Lipinski definition) is 1. The highest BCUT2D eigenvalue weighted by molar-refractivity contribution is 7.17. The quantitative estimate of drug-likeness (QED) is 0.673. The van der Waals surface area contributed by atoms with Gasteiger partial charge in [-0.25, -0.2) is 0 Å². The fourth-order valence-corrected chi connectivity index (χ4v) is 3.21. The first-order valence-electron chi connectivity index (χ1n) is 7.38. The van der Waals surface area contributed by atoms with Crippen molar-refractivity contribution in [2.75, 3.05) is 13.1 Å². The molecule has 2 aromatic heterocycles. The molecule has 0 saturated heterocycles. The first-order chi connectivity index (χ1) is 10.4. The summed E-state index contributed by atoms with van der Waals surface area (Å²) in [5.41, 5.74) is 1.04. The molecular formula is C16H19N3OS. The molecule has 110 valence electrons. The highest BCUT2D eigenvalue weighted by atomic mass is 32.1. The molecule has 0 bridgehead atoms. The minimum absolute atomic E-state index is 0.629. The number of rotatable bonds is 7. The Bertz CT molecular complexity index is 704. The van der Waals surface area contributed by atoms with Crippen LogP contribution in [0.1, 0.15) is 25.7 Å². The van der Waals surface area contributed by atoms with Gasteiger partial charge in [0.15, 0.2) is 0 Å². The molecule has 1 N–H and O–H groups in total. The first kappa shape index (κ1) is 14.2. The Morgan fingerprint density at radius 1 is 1.19 bits per heavy atom. The molecule has 0 amide bonds. The van der Waals surface area contributed by atoms with E-state index in [1.807, 2.05) is 12.1 Å². The Morgan fingerprint density at radius 2 is 2.10 bits per heavy atom. The summed E-state index contributed by atoms with van der Waals surface area (Å²) >= 11 is 1.71. The smallest absolute Gasteiger partial charge is 0.249 e. The molecule has 2 heterocycles. The van der Waals surface area contributed by atoms with Gasteiger partial charge in [0.25, 0.3) is 0 Å². The molecule has 0 radical (unpaired) electrons. The Morgan fingerprint density at radius 3 is 3.00 bits per heavy atom. The van der Waals surface area contributed by atoms with Crippen LogP contribution in [-0.4, -0.2) is 23.3 Å². The summed E-state index contributed by atoms with van der Waals surface area (Å²) < 4.78 is 7.05. The van der Waals surface area contributed by atoms with Gasteiger partial charge in [-0.15, -0.1) is 21.5 Å². The Hall–Kier alpha value is -1.72. The number of aromatic nitrogens is 2. The molecule has 3 rings (SSSR count). The standard InChI is InChI=1S/C16H19N3OS/c1-2-9-17-10-5-8-15-18-19-16(20-15)13-11-21-14-7-4-3-6-12(13)14/h3-4,6-7,11,17H,2,5,8-10H2,1H3. The van der Waals surface area contributed by atoms with Crippen molar-refractivity contribution in [2.24, 2.45) is 0 Å². The van der Waals surface area contributed by atoms with Gasteiger partial charge in [-0.3, -0.25) is 0 Å². The van der Waals surface area contributed by atoms with Gasteiger partial charge < -0.3 is 9.73 Å². The molecular weight excluding hydrogens is 282 g/mol. The lowest BCUT2D eigenvalue weighted by Gasteiger charge is -1.99. The third-order valence-corrected chi connectivity index (χ3v) is 4.31. The van der Waals surface area contributed by atoms with Gasteiger partial charge in [-0.1, -0.05) is 25.1 Å². The van der Waals surface area contributed by atoms with E-state index in [0.717, 1.165) is 43.8 Å². The minimum atomic E-state index is 0.629. The van der Waals surface area contributed by atoms with Crippen LogP contribution in [-0.2, 0) is 6.42 Å². The van der Waals surface area contributed by atoms with Crippen LogP contribution in [0.5, 0.6) is 0 Å². The van der Waals surface area contributed by atoms with Crippen molar-refractivity contribution >= 4 is 21.4 Å². The summed E-state index contributed by atoms with van der Waals surface area (Å²) in [5, 5.41) is 15.0. The number of aryl methyl sites for hydroxylation is 1. The summed E-state index contributed by atoms with van der Waals surface area (Å²) in [4.78, 5) is 0. The summed E-state index contributed by atoms with van der Waals surface area (Å²) in [5.74, 6) is 1.35. The van der Waals surface area contributed by atoms with Gasteiger partial charge in [0.05, 0.1) is 5.56 Å². The van der Waals surface area contributed by atoms with Gasteiger partial charge in [-0.05, 0) is 32.0 Å². The summed E-state index contributed by atoms with van der Waals surface area (Å²) in [6, 6.07) is 8.29. The minimum Gasteiger partial charge on any atom is -0.421 e. The zero-order valence-electron chi connectivity index (χ0n) is 12.1. The van der Waals surface area contributed by atoms with Crippen LogP contribution >= 0.6 is 11.3 Å². The molecule has 0 aliphatic rings. The fraction of sp³-hybridized carbons (Fsp3) is 0.375. The van der Waals surface area contributed by atoms with Gasteiger partial charge in [-0.2, -0.15) is 0 Å². The molecule has 3 aromatic rings. The van der Waals surface area contributed by atoms with Crippen LogP contribution in [0.3, 0.4) is 0 Å². The van der Waals surface area contributed by atoms with Crippen molar-refractivity contribution in [3.05, 3.63) is 35.5 Å². The molecule has 0 spiro atoms. The van der Waals surface area contributed by atoms with Crippen molar-refractivity contribution in [1.29, 1.82) is 0 Å². The highest BCUT2D eigenvalue weighted by Crippen LogP contribution is 2.32. The summed E-state index contributed by atoms with van der Waals surface area (Å²) in [6.07, 6.45) is 3.01. The van der Waals surface area contributed by atoms with Gasteiger partial charge in [0, 0.05) is 21.9 Å². The number of fused-ring (bicyclic) bond motifs is 1.